The summed E-state index contributed by atoms with van der Waals surface area (Å²) in [6.45, 7) is 2.63. The van der Waals surface area contributed by atoms with Gasteiger partial charge >= 0.3 is 0 Å². The number of ketones is 1. The highest BCUT2D eigenvalue weighted by Gasteiger charge is 2.13. The molecule has 0 fully saturated rings. The lowest BCUT2D eigenvalue weighted by Crippen LogP contribution is -2.11. The van der Waals surface area contributed by atoms with Crippen LogP contribution in [0.2, 0.25) is 0 Å². The van der Waals surface area contributed by atoms with Gasteiger partial charge in [-0.15, -0.1) is 0 Å². The Balaban J connectivity index is 2.37. The van der Waals surface area contributed by atoms with Crippen LogP contribution in [0.25, 0.3) is 0 Å². The van der Waals surface area contributed by atoms with E-state index in [1.165, 1.54) is 0 Å². The highest BCUT2D eigenvalue weighted by molar-refractivity contribution is 6.06. The standard InChI is InChI=1S/C11H11N3O/c1-2-14-10(6-8-13-14)11(15)9-5-3-4-7-12-9/h3-8H,2H2,1H3. The fourth-order valence-electron chi connectivity index (χ4n) is 1.41. The van der Waals surface area contributed by atoms with E-state index in [1.807, 2.05) is 6.92 Å². The van der Waals surface area contributed by atoms with E-state index >= 15 is 0 Å². The molecule has 15 heavy (non-hydrogen) atoms. The highest BCUT2D eigenvalue weighted by atomic mass is 16.1. The normalized spacial score (nSPS) is 10.2. The molecule has 2 aromatic heterocycles. The van der Waals surface area contributed by atoms with Crippen LogP contribution in [0, 0.1) is 0 Å². The predicted octanol–water partition coefficient (Wildman–Crippen LogP) is 1.53. The van der Waals surface area contributed by atoms with Gasteiger partial charge in [0.15, 0.2) is 0 Å². The van der Waals surface area contributed by atoms with Crippen molar-refractivity contribution in [3.8, 4) is 0 Å². The molecule has 0 saturated carbocycles. The van der Waals surface area contributed by atoms with Crippen LogP contribution in [0.1, 0.15) is 23.1 Å². The molecule has 2 rings (SSSR count). The fourth-order valence-corrected chi connectivity index (χ4v) is 1.41. The highest BCUT2D eigenvalue weighted by Crippen LogP contribution is 2.06. The van der Waals surface area contributed by atoms with E-state index in [-0.39, 0.29) is 5.78 Å². The Labute approximate surface area is 87.6 Å². The van der Waals surface area contributed by atoms with Gasteiger partial charge in [-0.2, -0.15) is 5.10 Å². The zero-order valence-corrected chi connectivity index (χ0v) is 8.42. The minimum atomic E-state index is -0.0880. The number of hydrogen-bond donors (Lipinski definition) is 0. The van der Waals surface area contributed by atoms with E-state index in [0.29, 0.717) is 17.9 Å². The van der Waals surface area contributed by atoms with Crippen LogP contribution >= 0.6 is 0 Å². The third kappa shape index (κ3) is 1.79. The first-order valence-electron chi connectivity index (χ1n) is 4.80. The topological polar surface area (TPSA) is 47.8 Å². The molecule has 76 valence electrons. The van der Waals surface area contributed by atoms with E-state index in [0.717, 1.165) is 0 Å². The molecule has 0 aliphatic heterocycles. The maximum absolute atomic E-state index is 12.0. The summed E-state index contributed by atoms with van der Waals surface area (Å²) < 4.78 is 1.66. The smallest absolute Gasteiger partial charge is 0.229 e. The minimum absolute atomic E-state index is 0.0880. The van der Waals surface area contributed by atoms with Crippen LogP contribution in [0.4, 0.5) is 0 Å². The summed E-state index contributed by atoms with van der Waals surface area (Å²) in [6.07, 6.45) is 3.24. The summed E-state index contributed by atoms with van der Waals surface area (Å²) in [5, 5.41) is 4.05. The number of rotatable bonds is 3. The van der Waals surface area contributed by atoms with Crippen molar-refractivity contribution in [2.75, 3.05) is 0 Å². The molecule has 0 bridgehead atoms. The maximum atomic E-state index is 12.0. The van der Waals surface area contributed by atoms with Gasteiger partial charge in [-0.25, -0.2) is 0 Å². The molecule has 0 aromatic carbocycles. The van der Waals surface area contributed by atoms with E-state index in [9.17, 15) is 4.79 Å². The van der Waals surface area contributed by atoms with Crippen LogP contribution < -0.4 is 0 Å². The number of pyridine rings is 1. The number of carbonyl (C=O) groups excluding carboxylic acids is 1. The zero-order valence-electron chi connectivity index (χ0n) is 8.42. The molecule has 0 N–H and O–H groups in total. The van der Waals surface area contributed by atoms with Crippen molar-refractivity contribution in [2.45, 2.75) is 13.5 Å². The Morgan fingerprint density at radius 1 is 1.33 bits per heavy atom. The van der Waals surface area contributed by atoms with Gasteiger partial charge in [-0.1, -0.05) is 6.07 Å². The summed E-state index contributed by atoms with van der Waals surface area (Å²) >= 11 is 0. The second-order valence-electron chi connectivity index (χ2n) is 3.08. The molecule has 0 unspecified atom stereocenters. The maximum Gasteiger partial charge on any atom is 0.229 e. The SMILES string of the molecule is CCn1nccc1C(=O)c1ccccn1. The Morgan fingerprint density at radius 2 is 2.20 bits per heavy atom. The fraction of sp³-hybridized carbons (Fsp3) is 0.182. The van der Waals surface area contributed by atoms with Gasteiger partial charge in [-0.3, -0.25) is 14.5 Å². The Kier molecular flexibility index (Phi) is 2.58. The van der Waals surface area contributed by atoms with Crippen LogP contribution in [0.15, 0.2) is 36.7 Å². The number of aromatic nitrogens is 3. The van der Waals surface area contributed by atoms with Crippen molar-refractivity contribution in [1.82, 2.24) is 14.8 Å². The van der Waals surface area contributed by atoms with Gasteiger partial charge in [0.2, 0.25) is 5.78 Å². The monoisotopic (exact) mass is 201 g/mol. The lowest BCUT2D eigenvalue weighted by atomic mass is 10.2. The van der Waals surface area contributed by atoms with E-state index in [2.05, 4.69) is 10.1 Å². The minimum Gasteiger partial charge on any atom is -0.285 e. The van der Waals surface area contributed by atoms with Crippen LogP contribution in [-0.2, 0) is 6.54 Å². The first kappa shape index (κ1) is 9.58. The molecule has 0 aliphatic carbocycles. The van der Waals surface area contributed by atoms with Gasteiger partial charge < -0.3 is 0 Å². The molecule has 2 heterocycles. The summed E-state index contributed by atoms with van der Waals surface area (Å²) in [5.74, 6) is -0.0880. The van der Waals surface area contributed by atoms with Gasteiger partial charge in [-0.05, 0) is 25.1 Å². The van der Waals surface area contributed by atoms with Crippen molar-refractivity contribution in [1.29, 1.82) is 0 Å². The quantitative estimate of drug-likeness (QED) is 0.707. The van der Waals surface area contributed by atoms with E-state index in [1.54, 1.807) is 41.3 Å². The molecular weight excluding hydrogens is 190 g/mol. The van der Waals surface area contributed by atoms with Crippen molar-refractivity contribution in [2.24, 2.45) is 0 Å². The molecule has 2 aromatic rings. The van der Waals surface area contributed by atoms with Gasteiger partial charge in [0.05, 0.1) is 0 Å². The molecule has 0 radical (unpaired) electrons. The van der Waals surface area contributed by atoms with E-state index < -0.39 is 0 Å². The van der Waals surface area contributed by atoms with Crippen molar-refractivity contribution in [3.63, 3.8) is 0 Å². The van der Waals surface area contributed by atoms with Crippen molar-refractivity contribution < 1.29 is 4.79 Å². The number of aryl methyl sites for hydroxylation is 1. The average molecular weight is 201 g/mol. The summed E-state index contributed by atoms with van der Waals surface area (Å²) in [6, 6.07) is 7.00. The second kappa shape index (κ2) is 4.04. The average Bonchev–Trinajstić information content (AvgIpc) is 2.77. The predicted molar refractivity (Wildman–Crippen MR) is 55.6 cm³/mol. The summed E-state index contributed by atoms with van der Waals surface area (Å²) in [5.41, 5.74) is 1.03. The number of nitrogens with zero attached hydrogens (tertiary/aromatic N) is 3. The molecule has 0 aliphatic rings. The van der Waals surface area contributed by atoms with Crippen molar-refractivity contribution in [3.05, 3.63) is 48.0 Å². The Hall–Kier alpha value is -1.97. The third-order valence-electron chi connectivity index (χ3n) is 2.15. The molecule has 0 spiro atoms. The molecule has 0 amide bonds. The summed E-state index contributed by atoms with van der Waals surface area (Å²) in [7, 11) is 0. The number of carbonyl (C=O) groups is 1. The second-order valence-corrected chi connectivity index (χ2v) is 3.08. The lowest BCUT2D eigenvalue weighted by Gasteiger charge is -2.02. The molecular formula is C11H11N3O. The molecule has 0 atom stereocenters. The van der Waals surface area contributed by atoms with Gasteiger partial charge in [0, 0.05) is 18.9 Å². The largest absolute Gasteiger partial charge is 0.285 e. The third-order valence-corrected chi connectivity index (χ3v) is 2.15. The molecule has 4 heteroatoms. The van der Waals surface area contributed by atoms with Gasteiger partial charge in [0.1, 0.15) is 11.4 Å². The Morgan fingerprint density at radius 3 is 2.87 bits per heavy atom. The van der Waals surface area contributed by atoms with Gasteiger partial charge in [0.25, 0.3) is 0 Å². The summed E-state index contributed by atoms with van der Waals surface area (Å²) in [4.78, 5) is 16.0. The molecule has 4 nitrogen and oxygen atoms in total. The van der Waals surface area contributed by atoms with Crippen LogP contribution in [0.5, 0.6) is 0 Å². The van der Waals surface area contributed by atoms with Crippen molar-refractivity contribution >= 4 is 5.78 Å². The first-order valence-corrected chi connectivity index (χ1v) is 4.80. The van der Waals surface area contributed by atoms with Crippen LogP contribution in [-0.4, -0.2) is 20.5 Å². The zero-order chi connectivity index (χ0) is 10.7. The molecule has 0 saturated heterocycles. The lowest BCUT2D eigenvalue weighted by molar-refractivity contribution is 0.102. The van der Waals surface area contributed by atoms with E-state index in [4.69, 9.17) is 0 Å². The first-order chi connectivity index (χ1) is 7.33. The van der Waals surface area contributed by atoms with Crippen LogP contribution in [0.3, 0.4) is 0 Å². The number of hydrogen-bond acceptors (Lipinski definition) is 3. The Bertz CT molecular complexity index is 462.